The van der Waals surface area contributed by atoms with Gasteiger partial charge in [0.1, 0.15) is 4.83 Å². The van der Waals surface area contributed by atoms with Crippen LogP contribution < -0.4 is 5.32 Å². The largest absolute Gasteiger partial charge is 0.345 e. The second-order valence-corrected chi connectivity index (χ2v) is 8.81. The number of nitrogens with zero attached hydrogens (tertiary/aromatic N) is 2. The van der Waals surface area contributed by atoms with Gasteiger partial charge in [-0.25, -0.2) is 4.68 Å². The van der Waals surface area contributed by atoms with Crippen molar-refractivity contribution < 1.29 is 4.79 Å². The van der Waals surface area contributed by atoms with Crippen LogP contribution in [0.5, 0.6) is 0 Å². The number of thiophene rings is 1. The van der Waals surface area contributed by atoms with Gasteiger partial charge in [0.25, 0.3) is 5.91 Å². The van der Waals surface area contributed by atoms with E-state index in [-0.39, 0.29) is 11.9 Å². The van der Waals surface area contributed by atoms with Crippen LogP contribution in [0.4, 0.5) is 0 Å². The van der Waals surface area contributed by atoms with E-state index in [1.165, 1.54) is 28.0 Å². The number of fused-ring (bicyclic) bond motifs is 2. The van der Waals surface area contributed by atoms with Crippen LogP contribution in [-0.2, 0) is 6.42 Å². The minimum absolute atomic E-state index is 0.00255. The quantitative estimate of drug-likeness (QED) is 0.492. The second kappa shape index (κ2) is 7.16. The van der Waals surface area contributed by atoms with Gasteiger partial charge in [-0.3, -0.25) is 4.79 Å². The van der Waals surface area contributed by atoms with Crippen molar-refractivity contribution in [1.29, 1.82) is 0 Å². The van der Waals surface area contributed by atoms with Crippen molar-refractivity contribution in [3.8, 4) is 5.69 Å². The molecule has 0 bridgehead atoms. The Morgan fingerprint density at radius 3 is 2.76 bits per heavy atom. The van der Waals surface area contributed by atoms with Crippen LogP contribution in [0, 0.1) is 13.8 Å². The smallest absolute Gasteiger partial charge is 0.261 e. The van der Waals surface area contributed by atoms with Gasteiger partial charge >= 0.3 is 0 Å². The molecule has 29 heavy (non-hydrogen) atoms. The summed E-state index contributed by atoms with van der Waals surface area (Å²) in [4.78, 5) is 14.8. The van der Waals surface area contributed by atoms with Gasteiger partial charge in [0.2, 0.25) is 0 Å². The van der Waals surface area contributed by atoms with Crippen molar-refractivity contribution in [2.45, 2.75) is 39.2 Å². The van der Waals surface area contributed by atoms with Gasteiger partial charge < -0.3 is 5.32 Å². The van der Waals surface area contributed by atoms with Crippen LogP contribution in [0.15, 0.2) is 54.6 Å². The Morgan fingerprint density at radius 1 is 1.14 bits per heavy atom. The number of rotatable bonds is 3. The lowest BCUT2D eigenvalue weighted by Crippen LogP contribution is -2.30. The third-order valence-corrected chi connectivity index (χ3v) is 6.83. The normalized spacial score (nSPS) is 16.0. The number of amides is 1. The lowest BCUT2D eigenvalue weighted by atomic mass is 9.88. The maximum absolute atomic E-state index is 13.1. The molecule has 5 rings (SSSR count). The average molecular weight is 402 g/mol. The Morgan fingerprint density at radius 2 is 1.93 bits per heavy atom. The first-order valence-corrected chi connectivity index (χ1v) is 10.9. The average Bonchev–Trinajstić information content (AvgIpc) is 3.30. The first kappa shape index (κ1) is 18.1. The topological polar surface area (TPSA) is 46.9 Å². The van der Waals surface area contributed by atoms with E-state index in [1.807, 2.05) is 17.7 Å². The molecule has 4 nitrogen and oxygen atoms in total. The van der Waals surface area contributed by atoms with Gasteiger partial charge in [0, 0.05) is 5.39 Å². The predicted octanol–water partition coefficient (Wildman–Crippen LogP) is 5.51. The van der Waals surface area contributed by atoms with Crippen molar-refractivity contribution in [2.75, 3.05) is 0 Å². The molecule has 4 aromatic rings. The van der Waals surface area contributed by atoms with Gasteiger partial charge in [0.15, 0.2) is 0 Å². The summed E-state index contributed by atoms with van der Waals surface area (Å²) in [5.41, 5.74) is 5.79. The van der Waals surface area contributed by atoms with Crippen LogP contribution in [0.2, 0.25) is 0 Å². The van der Waals surface area contributed by atoms with E-state index in [9.17, 15) is 4.79 Å². The van der Waals surface area contributed by atoms with Crippen LogP contribution in [0.3, 0.4) is 0 Å². The summed E-state index contributed by atoms with van der Waals surface area (Å²) >= 11 is 1.51. The fourth-order valence-electron chi connectivity index (χ4n) is 4.15. The molecule has 0 saturated heterocycles. The van der Waals surface area contributed by atoms with Gasteiger partial charge in [-0.1, -0.05) is 42.0 Å². The van der Waals surface area contributed by atoms with E-state index in [2.05, 4.69) is 60.8 Å². The first-order chi connectivity index (χ1) is 14.1. The number of aryl methyl sites for hydroxylation is 3. The molecule has 0 saturated carbocycles. The van der Waals surface area contributed by atoms with E-state index < -0.39 is 0 Å². The molecule has 1 amide bonds. The third kappa shape index (κ3) is 3.25. The number of hydrogen-bond acceptors (Lipinski definition) is 3. The summed E-state index contributed by atoms with van der Waals surface area (Å²) in [6, 6.07) is 18.8. The minimum Gasteiger partial charge on any atom is -0.345 e. The molecule has 1 aliphatic carbocycles. The molecule has 0 spiro atoms. The van der Waals surface area contributed by atoms with Crippen LogP contribution in [-0.4, -0.2) is 15.7 Å². The molecule has 0 fully saturated rings. The Hall–Kier alpha value is -2.92. The number of benzene rings is 2. The highest BCUT2D eigenvalue weighted by Crippen LogP contribution is 2.33. The van der Waals surface area contributed by atoms with E-state index in [0.717, 1.165) is 45.7 Å². The molecule has 0 radical (unpaired) electrons. The van der Waals surface area contributed by atoms with E-state index in [0.29, 0.717) is 0 Å². The number of carbonyl (C=O) groups is 1. The van der Waals surface area contributed by atoms with Crippen LogP contribution in [0.25, 0.3) is 15.9 Å². The summed E-state index contributed by atoms with van der Waals surface area (Å²) < 4.78 is 1.95. The van der Waals surface area contributed by atoms with Gasteiger partial charge in [-0.15, -0.1) is 11.3 Å². The zero-order valence-corrected chi connectivity index (χ0v) is 17.4. The molecular formula is C24H23N3OS. The molecular weight excluding hydrogens is 378 g/mol. The Bertz CT molecular complexity index is 1200. The van der Waals surface area contributed by atoms with Gasteiger partial charge in [-0.05, 0) is 62.4 Å². The van der Waals surface area contributed by atoms with Crippen molar-refractivity contribution in [1.82, 2.24) is 15.1 Å². The fourth-order valence-corrected chi connectivity index (χ4v) is 5.24. The van der Waals surface area contributed by atoms with E-state index >= 15 is 0 Å². The lowest BCUT2D eigenvalue weighted by Gasteiger charge is -2.26. The molecule has 2 heterocycles. The molecule has 0 aliphatic heterocycles. The van der Waals surface area contributed by atoms with Gasteiger partial charge in [-0.2, -0.15) is 5.10 Å². The van der Waals surface area contributed by atoms with Crippen molar-refractivity contribution >= 4 is 27.5 Å². The summed E-state index contributed by atoms with van der Waals surface area (Å²) in [7, 11) is 0. The molecule has 2 aromatic carbocycles. The molecule has 2 aromatic heterocycles. The van der Waals surface area contributed by atoms with E-state index in [4.69, 9.17) is 5.10 Å². The van der Waals surface area contributed by atoms with Crippen LogP contribution in [0.1, 0.15) is 50.9 Å². The van der Waals surface area contributed by atoms with Gasteiger partial charge in [0.05, 0.1) is 22.3 Å². The monoisotopic (exact) mass is 401 g/mol. The maximum Gasteiger partial charge on any atom is 0.261 e. The third-order valence-electron chi connectivity index (χ3n) is 5.72. The highest BCUT2D eigenvalue weighted by atomic mass is 32.1. The lowest BCUT2D eigenvalue weighted by molar-refractivity contribution is 0.0937. The van der Waals surface area contributed by atoms with Crippen molar-refractivity contribution in [2.24, 2.45) is 0 Å². The van der Waals surface area contributed by atoms with Crippen molar-refractivity contribution in [3.63, 3.8) is 0 Å². The number of aromatic nitrogens is 2. The zero-order valence-electron chi connectivity index (χ0n) is 16.6. The predicted molar refractivity (Wildman–Crippen MR) is 118 cm³/mol. The Labute approximate surface area is 174 Å². The standard InChI is InChI=1S/C24H23N3OS/c1-15-10-12-18(13-11-15)27-24-20(16(2)26-27)14-22(29-24)23(28)25-21-9-5-7-17-6-3-4-8-19(17)21/h3-4,6,8,10-14,21H,5,7,9H2,1-2H3,(H,25,28)/t21-/m1/s1. The fraction of sp³-hybridized carbons (Fsp3) is 0.250. The number of carbonyl (C=O) groups excluding carboxylic acids is 1. The maximum atomic E-state index is 13.1. The molecule has 0 unspecified atom stereocenters. The highest BCUT2D eigenvalue weighted by molar-refractivity contribution is 7.20. The van der Waals surface area contributed by atoms with Crippen molar-refractivity contribution in [3.05, 3.63) is 81.9 Å². The van der Waals surface area contributed by atoms with Crippen LogP contribution >= 0.6 is 11.3 Å². The molecule has 146 valence electrons. The minimum atomic E-state index is 0.00255. The Kier molecular flexibility index (Phi) is 4.47. The summed E-state index contributed by atoms with van der Waals surface area (Å²) in [6.45, 7) is 4.07. The van der Waals surface area contributed by atoms with E-state index in [1.54, 1.807) is 0 Å². The summed E-state index contributed by atoms with van der Waals surface area (Å²) in [5.74, 6) is 0.00255. The molecule has 5 heteroatoms. The number of nitrogens with one attached hydrogen (secondary N) is 1. The second-order valence-electron chi connectivity index (χ2n) is 7.78. The zero-order chi connectivity index (χ0) is 20.0. The molecule has 1 atom stereocenters. The summed E-state index contributed by atoms with van der Waals surface area (Å²) in [6.07, 6.45) is 3.19. The molecule has 1 aliphatic rings. The highest BCUT2D eigenvalue weighted by Gasteiger charge is 2.24. The summed E-state index contributed by atoms with van der Waals surface area (Å²) in [5, 5.41) is 9.01. The SMILES string of the molecule is Cc1ccc(-n2nc(C)c3cc(C(=O)N[C@@H]4CCCc5ccccc54)sc32)cc1. The molecule has 1 N–H and O–H groups in total. The number of hydrogen-bond donors (Lipinski definition) is 1. The Balaban J connectivity index is 1.46. The first-order valence-electron chi connectivity index (χ1n) is 10.0.